The van der Waals surface area contributed by atoms with E-state index in [1.807, 2.05) is 0 Å². The Labute approximate surface area is 179 Å². The Balaban J connectivity index is 1.46. The van der Waals surface area contributed by atoms with Gasteiger partial charge in [0.2, 0.25) is 0 Å². The number of aliphatic hydroxyl groups is 2. The van der Waals surface area contributed by atoms with Crippen LogP contribution in [0.15, 0.2) is 11.6 Å². The van der Waals surface area contributed by atoms with E-state index in [0.29, 0.717) is 23.4 Å². The molecule has 3 fully saturated rings. The molecule has 0 spiro atoms. The molecule has 2 heteroatoms. The number of rotatable bonds is 6. The van der Waals surface area contributed by atoms with Crippen molar-refractivity contribution in [3.63, 3.8) is 0 Å². The summed E-state index contributed by atoms with van der Waals surface area (Å²) in [5, 5.41) is 19.5. The quantitative estimate of drug-likeness (QED) is 0.507. The van der Waals surface area contributed by atoms with Gasteiger partial charge in [0.15, 0.2) is 0 Å². The van der Waals surface area contributed by atoms with Crippen LogP contribution in [0.25, 0.3) is 0 Å². The predicted molar refractivity (Wildman–Crippen MR) is 120 cm³/mol. The molecule has 9 atom stereocenters. The topological polar surface area (TPSA) is 40.5 Å². The van der Waals surface area contributed by atoms with Crippen molar-refractivity contribution in [1.82, 2.24) is 0 Å². The van der Waals surface area contributed by atoms with E-state index in [0.717, 1.165) is 42.4 Å². The van der Waals surface area contributed by atoms with E-state index in [2.05, 4.69) is 33.8 Å². The molecule has 0 aromatic rings. The first-order chi connectivity index (χ1) is 13.8. The van der Waals surface area contributed by atoms with Gasteiger partial charge in [-0.15, -0.1) is 0 Å². The van der Waals surface area contributed by atoms with Crippen LogP contribution in [-0.2, 0) is 0 Å². The number of hydrogen-bond donors (Lipinski definition) is 2. The van der Waals surface area contributed by atoms with Gasteiger partial charge in [0, 0.05) is 6.61 Å². The summed E-state index contributed by atoms with van der Waals surface area (Å²) in [7, 11) is 0. The fourth-order valence-electron chi connectivity index (χ4n) is 8.70. The minimum atomic E-state index is -0.0926. The Bertz CT molecular complexity index is 612. The Morgan fingerprint density at radius 2 is 1.83 bits per heavy atom. The van der Waals surface area contributed by atoms with Gasteiger partial charge in [0.05, 0.1) is 6.10 Å². The van der Waals surface area contributed by atoms with Crippen LogP contribution in [-0.4, -0.2) is 22.9 Å². The third kappa shape index (κ3) is 3.75. The third-order valence-corrected chi connectivity index (χ3v) is 10.5. The average Bonchev–Trinajstić information content (AvgIpc) is 3.05. The lowest BCUT2D eigenvalue weighted by atomic mass is 9.47. The van der Waals surface area contributed by atoms with E-state index < -0.39 is 0 Å². The summed E-state index contributed by atoms with van der Waals surface area (Å²) in [5.74, 6) is 4.82. The molecular weight excluding hydrogens is 356 g/mol. The van der Waals surface area contributed by atoms with Crippen molar-refractivity contribution < 1.29 is 10.2 Å². The molecule has 4 aliphatic rings. The molecule has 3 saturated carbocycles. The maximum atomic E-state index is 10.2. The van der Waals surface area contributed by atoms with Crippen molar-refractivity contribution in [3.8, 4) is 0 Å². The van der Waals surface area contributed by atoms with Gasteiger partial charge in [0.1, 0.15) is 0 Å². The lowest BCUT2D eigenvalue weighted by Gasteiger charge is -2.58. The van der Waals surface area contributed by atoms with Crippen LogP contribution < -0.4 is 0 Å². The monoisotopic (exact) mass is 402 g/mol. The summed E-state index contributed by atoms with van der Waals surface area (Å²) in [4.78, 5) is 0. The van der Waals surface area contributed by atoms with E-state index in [-0.39, 0.29) is 6.10 Å². The zero-order valence-electron chi connectivity index (χ0n) is 19.5. The molecule has 2 nitrogen and oxygen atoms in total. The Hall–Kier alpha value is -0.340. The molecule has 0 unspecified atom stereocenters. The number of fused-ring (bicyclic) bond motifs is 5. The van der Waals surface area contributed by atoms with Crippen LogP contribution in [0.5, 0.6) is 0 Å². The highest BCUT2D eigenvalue weighted by Crippen LogP contribution is 2.67. The summed E-state index contributed by atoms with van der Waals surface area (Å²) >= 11 is 0. The molecule has 0 aromatic heterocycles. The summed E-state index contributed by atoms with van der Waals surface area (Å²) in [5.41, 5.74) is 2.51. The highest BCUT2D eigenvalue weighted by atomic mass is 16.3. The second kappa shape index (κ2) is 8.30. The molecule has 29 heavy (non-hydrogen) atoms. The van der Waals surface area contributed by atoms with Gasteiger partial charge in [-0.3, -0.25) is 0 Å². The van der Waals surface area contributed by atoms with Crippen LogP contribution in [0.1, 0.15) is 98.3 Å². The fourth-order valence-corrected chi connectivity index (χ4v) is 8.70. The summed E-state index contributed by atoms with van der Waals surface area (Å²) in [6.07, 6.45) is 16.4. The van der Waals surface area contributed by atoms with Gasteiger partial charge >= 0.3 is 0 Å². The van der Waals surface area contributed by atoms with Crippen molar-refractivity contribution in [3.05, 3.63) is 11.6 Å². The smallest absolute Gasteiger partial charge is 0.0577 e. The van der Waals surface area contributed by atoms with E-state index in [9.17, 15) is 10.2 Å². The molecule has 0 aliphatic heterocycles. The molecule has 0 saturated heterocycles. The Morgan fingerprint density at radius 1 is 1.03 bits per heavy atom. The van der Waals surface area contributed by atoms with Crippen LogP contribution in [0.2, 0.25) is 0 Å². The molecule has 0 radical (unpaired) electrons. The highest BCUT2D eigenvalue weighted by molar-refractivity contribution is 5.25. The third-order valence-electron chi connectivity index (χ3n) is 10.5. The fraction of sp³-hybridized carbons (Fsp3) is 0.926. The highest BCUT2D eigenvalue weighted by Gasteiger charge is 2.59. The zero-order valence-corrected chi connectivity index (χ0v) is 19.5. The van der Waals surface area contributed by atoms with Crippen LogP contribution in [0.4, 0.5) is 0 Å². The standard InChI is InChI=1S/C27H46O2/c1-18(17-28)6-5-7-19(2)23-10-11-24-22-9-8-20-16-21(29)12-14-26(20,3)25(22)13-15-27(23,24)4/h8,18-19,21-25,28-29H,5-7,9-17H2,1-4H3/t18-,19+,21+,22+,23-,24+,25+,26+,27-/m1/s1. The van der Waals surface area contributed by atoms with Crippen LogP contribution in [0, 0.1) is 46.3 Å². The van der Waals surface area contributed by atoms with Gasteiger partial charge in [-0.1, -0.05) is 52.2 Å². The average molecular weight is 403 g/mol. The summed E-state index contributed by atoms with van der Waals surface area (Å²) in [6, 6.07) is 0. The number of allylic oxidation sites excluding steroid dienone is 1. The van der Waals surface area contributed by atoms with Gasteiger partial charge in [-0.05, 0) is 104 Å². The van der Waals surface area contributed by atoms with Crippen molar-refractivity contribution >= 4 is 0 Å². The molecule has 4 aliphatic carbocycles. The van der Waals surface area contributed by atoms with Gasteiger partial charge in [0.25, 0.3) is 0 Å². The first-order valence-corrected chi connectivity index (χ1v) is 12.8. The molecule has 0 amide bonds. The first kappa shape index (κ1) is 21.9. The van der Waals surface area contributed by atoms with E-state index in [4.69, 9.17) is 0 Å². The molecule has 0 aromatic carbocycles. The predicted octanol–water partition coefficient (Wildman–Crippen LogP) is 6.36. The number of hydrogen-bond acceptors (Lipinski definition) is 2. The van der Waals surface area contributed by atoms with Crippen molar-refractivity contribution in [2.24, 2.45) is 46.3 Å². The maximum absolute atomic E-state index is 10.2. The van der Waals surface area contributed by atoms with Gasteiger partial charge in [-0.25, -0.2) is 0 Å². The molecule has 2 N–H and O–H groups in total. The van der Waals surface area contributed by atoms with Crippen molar-refractivity contribution in [1.29, 1.82) is 0 Å². The van der Waals surface area contributed by atoms with E-state index >= 15 is 0 Å². The normalized spacial score (nSPS) is 46.3. The molecule has 166 valence electrons. The van der Waals surface area contributed by atoms with E-state index in [1.54, 1.807) is 5.57 Å². The van der Waals surface area contributed by atoms with Crippen molar-refractivity contribution in [2.75, 3.05) is 6.61 Å². The lowest BCUT2D eigenvalue weighted by molar-refractivity contribution is -0.0573. The maximum Gasteiger partial charge on any atom is 0.0577 e. The van der Waals surface area contributed by atoms with Crippen LogP contribution in [0.3, 0.4) is 0 Å². The largest absolute Gasteiger partial charge is 0.396 e. The molecule has 0 bridgehead atoms. The second-order valence-corrected chi connectivity index (χ2v) is 12.1. The molecule has 4 rings (SSSR count). The second-order valence-electron chi connectivity index (χ2n) is 12.1. The Kier molecular flexibility index (Phi) is 6.26. The zero-order chi connectivity index (χ0) is 20.8. The summed E-state index contributed by atoms with van der Waals surface area (Å²) < 4.78 is 0. The lowest BCUT2D eigenvalue weighted by Crippen LogP contribution is -2.50. The van der Waals surface area contributed by atoms with Gasteiger partial charge < -0.3 is 10.2 Å². The molecular formula is C27H46O2. The number of aliphatic hydroxyl groups excluding tert-OH is 2. The Morgan fingerprint density at radius 3 is 2.59 bits per heavy atom. The van der Waals surface area contributed by atoms with Gasteiger partial charge in [-0.2, -0.15) is 0 Å². The molecule has 0 heterocycles. The van der Waals surface area contributed by atoms with E-state index in [1.165, 1.54) is 57.8 Å². The minimum Gasteiger partial charge on any atom is -0.396 e. The van der Waals surface area contributed by atoms with Crippen LogP contribution >= 0.6 is 0 Å². The summed E-state index contributed by atoms with van der Waals surface area (Å²) in [6.45, 7) is 10.2. The minimum absolute atomic E-state index is 0.0926. The SMILES string of the molecule is C[C@@H](CO)CCC[C@H](C)[C@H]1CC[C@H]2[C@@H]3CC=C4C[C@@H](O)CC[C@]4(C)[C@H]3CC[C@]12C. The van der Waals surface area contributed by atoms with Crippen molar-refractivity contribution in [2.45, 2.75) is 104 Å². The first-order valence-electron chi connectivity index (χ1n) is 12.8.